The molecule has 1 aliphatic rings. The molecular formula is C15H32N2. The first-order valence-corrected chi connectivity index (χ1v) is 7.65. The fraction of sp³-hybridized carbons (Fsp3) is 1.00. The van der Waals surface area contributed by atoms with Gasteiger partial charge in [0.25, 0.3) is 0 Å². The third-order valence-corrected chi connectivity index (χ3v) is 3.54. The van der Waals surface area contributed by atoms with Crippen molar-refractivity contribution in [2.24, 2.45) is 11.8 Å². The molecule has 1 N–H and O–H groups in total. The second-order valence-corrected chi connectivity index (χ2v) is 6.00. The lowest BCUT2D eigenvalue weighted by atomic mass is 10.2. The predicted octanol–water partition coefficient (Wildman–Crippen LogP) is 3.13. The monoisotopic (exact) mass is 240 g/mol. The summed E-state index contributed by atoms with van der Waals surface area (Å²) < 4.78 is 0. The fourth-order valence-electron chi connectivity index (χ4n) is 2.20. The van der Waals surface area contributed by atoms with Gasteiger partial charge in [0.05, 0.1) is 0 Å². The van der Waals surface area contributed by atoms with Gasteiger partial charge >= 0.3 is 0 Å². The quantitative estimate of drug-likeness (QED) is 0.558. The first kappa shape index (κ1) is 15.0. The van der Waals surface area contributed by atoms with Crippen molar-refractivity contribution in [3.63, 3.8) is 0 Å². The smallest absolute Gasteiger partial charge is 0.000954 e. The number of nitrogens with one attached hydrogen (secondary N) is 1. The molecule has 0 aliphatic heterocycles. The van der Waals surface area contributed by atoms with Gasteiger partial charge in [-0.15, -0.1) is 0 Å². The molecule has 0 saturated heterocycles. The van der Waals surface area contributed by atoms with Crippen molar-refractivity contribution in [2.45, 2.75) is 52.9 Å². The molecule has 0 spiro atoms. The molecule has 0 heterocycles. The molecule has 2 nitrogen and oxygen atoms in total. The topological polar surface area (TPSA) is 15.3 Å². The lowest BCUT2D eigenvalue weighted by Crippen LogP contribution is -2.27. The van der Waals surface area contributed by atoms with Crippen molar-refractivity contribution in [1.29, 1.82) is 0 Å². The van der Waals surface area contributed by atoms with Gasteiger partial charge in [0, 0.05) is 6.54 Å². The molecule has 102 valence electrons. The van der Waals surface area contributed by atoms with Crippen LogP contribution in [-0.4, -0.2) is 37.6 Å². The van der Waals surface area contributed by atoms with Gasteiger partial charge in [-0.3, -0.25) is 0 Å². The number of hydrogen-bond acceptors (Lipinski definition) is 2. The maximum absolute atomic E-state index is 3.52. The first-order valence-electron chi connectivity index (χ1n) is 7.65. The van der Waals surface area contributed by atoms with Crippen LogP contribution in [0.15, 0.2) is 0 Å². The Balaban J connectivity index is 1.84. The van der Waals surface area contributed by atoms with Gasteiger partial charge in [-0.05, 0) is 63.7 Å². The molecule has 0 aromatic carbocycles. The second kappa shape index (κ2) is 8.93. The fourth-order valence-corrected chi connectivity index (χ4v) is 2.20. The molecule has 1 aliphatic carbocycles. The molecule has 0 bridgehead atoms. The Bertz CT molecular complexity index is 176. The average Bonchev–Trinajstić information content (AvgIpc) is 3.09. The standard InChI is InChI=1S/C15H32N2/c1-4-17(13-15-8-9-15)11-7-5-6-10-16-12-14(2)3/h14-16H,4-13H2,1-3H3. The molecule has 1 fully saturated rings. The molecule has 17 heavy (non-hydrogen) atoms. The summed E-state index contributed by atoms with van der Waals surface area (Å²) in [6, 6.07) is 0. The van der Waals surface area contributed by atoms with Crippen LogP contribution in [0.2, 0.25) is 0 Å². The van der Waals surface area contributed by atoms with Crippen LogP contribution in [0.3, 0.4) is 0 Å². The van der Waals surface area contributed by atoms with Crippen LogP contribution >= 0.6 is 0 Å². The largest absolute Gasteiger partial charge is 0.316 e. The van der Waals surface area contributed by atoms with E-state index in [0.717, 1.165) is 11.8 Å². The van der Waals surface area contributed by atoms with Crippen molar-refractivity contribution in [2.75, 3.05) is 32.7 Å². The number of rotatable bonds is 11. The highest BCUT2D eigenvalue weighted by molar-refractivity contribution is 4.76. The minimum atomic E-state index is 0.782. The van der Waals surface area contributed by atoms with E-state index in [9.17, 15) is 0 Å². The van der Waals surface area contributed by atoms with Gasteiger partial charge in [0.2, 0.25) is 0 Å². The summed E-state index contributed by atoms with van der Waals surface area (Å²) in [6.07, 6.45) is 7.06. The van der Waals surface area contributed by atoms with E-state index in [4.69, 9.17) is 0 Å². The van der Waals surface area contributed by atoms with Crippen molar-refractivity contribution < 1.29 is 0 Å². The number of nitrogens with zero attached hydrogens (tertiary/aromatic N) is 1. The van der Waals surface area contributed by atoms with Crippen molar-refractivity contribution >= 4 is 0 Å². The zero-order chi connectivity index (χ0) is 12.5. The highest BCUT2D eigenvalue weighted by Gasteiger charge is 2.23. The van der Waals surface area contributed by atoms with Crippen molar-refractivity contribution in [3.8, 4) is 0 Å². The lowest BCUT2D eigenvalue weighted by molar-refractivity contribution is 0.270. The minimum Gasteiger partial charge on any atom is -0.316 e. The molecule has 2 heteroatoms. The Hall–Kier alpha value is -0.0800. The highest BCUT2D eigenvalue weighted by Crippen LogP contribution is 2.29. The molecule has 1 saturated carbocycles. The van der Waals surface area contributed by atoms with Crippen LogP contribution in [0.1, 0.15) is 52.9 Å². The van der Waals surface area contributed by atoms with Crippen LogP contribution in [0, 0.1) is 11.8 Å². The summed E-state index contributed by atoms with van der Waals surface area (Å²) in [7, 11) is 0. The van der Waals surface area contributed by atoms with E-state index in [0.29, 0.717) is 0 Å². The summed E-state index contributed by atoms with van der Waals surface area (Å²) in [6.45, 7) is 13.1. The Kier molecular flexibility index (Phi) is 7.87. The molecule has 1 rings (SSSR count). The maximum Gasteiger partial charge on any atom is 0.000954 e. The summed E-state index contributed by atoms with van der Waals surface area (Å²) in [5.41, 5.74) is 0. The van der Waals surface area contributed by atoms with Crippen LogP contribution in [0.4, 0.5) is 0 Å². The number of hydrogen-bond donors (Lipinski definition) is 1. The Morgan fingerprint density at radius 1 is 1.18 bits per heavy atom. The highest BCUT2D eigenvalue weighted by atomic mass is 15.1. The van der Waals surface area contributed by atoms with Gasteiger partial charge in [0.1, 0.15) is 0 Å². The molecule has 0 amide bonds. The zero-order valence-corrected chi connectivity index (χ0v) is 12.2. The number of unbranched alkanes of at least 4 members (excludes halogenated alkanes) is 2. The van der Waals surface area contributed by atoms with Gasteiger partial charge < -0.3 is 10.2 Å². The molecule has 0 atom stereocenters. The normalized spacial score (nSPS) is 16.1. The van der Waals surface area contributed by atoms with Gasteiger partial charge in [0.15, 0.2) is 0 Å². The first-order chi connectivity index (χ1) is 8.22. The maximum atomic E-state index is 3.52. The Morgan fingerprint density at radius 3 is 2.53 bits per heavy atom. The third-order valence-electron chi connectivity index (χ3n) is 3.54. The van der Waals surface area contributed by atoms with Gasteiger partial charge in [-0.1, -0.05) is 27.2 Å². The van der Waals surface area contributed by atoms with E-state index in [2.05, 4.69) is 31.0 Å². The molecular weight excluding hydrogens is 208 g/mol. The van der Waals surface area contributed by atoms with E-state index in [1.165, 1.54) is 64.8 Å². The summed E-state index contributed by atoms with van der Waals surface area (Å²) in [5.74, 6) is 1.83. The van der Waals surface area contributed by atoms with Gasteiger partial charge in [-0.25, -0.2) is 0 Å². The third kappa shape index (κ3) is 8.62. The molecule has 0 aromatic heterocycles. The van der Waals surface area contributed by atoms with E-state index in [-0.39, 0.29) is 0 Å². The zero-order valence-electron chi connectivity index (χ0n) is 12.2. The van der Waals surface area contributed by atoms with Crippen molar-refractivity contribution in [1.82, 2.24) is 10.2 Å². The van der Waals surface area contributed by atoms with E-state index < -0.39 is 0 Å². The van der Waals surface area contributed by atoms with Gasteiger partial charge in [-0.2, -0.15) is 0 Å². The van der Waals surface area contributed by atoms with E-state index in [1.54, 1.807) is 0 Å². The molecule has 0 radical (unpaired) electrons. The summed E-state index contributed by atoms with van der Waals surface area (Å²) in [5, 5.41) is 3.52. The predicted molar refractivity (Wildman–Crippen MR) is 76.4 cm³/mol. The SMILES string of the molecule is CCN(CCCCCNCC(C)C)CC1CC1. The molecule has 0 unspecified atom stereocenters. The average molecular weight is 240 g/mol. The van der Waals surface area contributed by atoms with Crippen LogP contribution in [0.25, 0.3) is 0 Å². The lowest BCUT2D eigenvalue weighted by Gasteiger charge is -2.19. The second-order valence-electron chi connectivity index (χ2n) is 6.00. The minimum absolute atomic E-state index is 0.782. The molecule has 0 aromatic rings. The summed E-state index contributed by atoms with van der Waals surface area (Å²) >= 11 is 0. The summed E-state index contributed by atoms with van der Waals surface area (Å²) in [4.78, 5) is 2.64. The Labute approximate surface area is 108 Å². The Morgan fingerprint density at radius 2 is 1.94 bits per heavy atom. The van der Waals surface area contributed by atoms with E-state index >= 15 is 0 Å². The van der Waals surface area contributed by atoms with E-state index in [1.807, 2.05) is 0 Å². The van der Waals surface area contributed by atoms with Crippen molar-refractivity contribution in [3.05, 3.63) is 0 Å². The van der Waals surface area contributed by atoms with Crippen LogP contribution in [0.5, 0.6) is 0 Å². The van der Waals surface area contributed by atoms with Crippen LogP contribution < -0.4 is 5.32 Å². The van der Waals surface area contributed by atoms with Crippen LogP contribution in [-0.2, 0) is 0 Å².